The lowest BCUT2D eigenvalue weighted by atomic mass is 9.94. The van der Waals surface area contributed by atoms with Crippen LogP contribution in [0.5, 0.6) is 0 Å². The van der Waals surface area contributed by atoms with Crippen molar-refractivity contribution in [3.63, 3.8) is 0 Å². The molecular weight excluding hydrogens is 318 g/mol. The topological polar surface area (TPSA) is 84.9 Å². The molecule has 1 aromatic rings. The minimum Gasteiger partial charge on any atom is -0.342 e. The summed E-state index contributed by atoms with van der Waals surface area (Å²) in [6.45, 7) is 1.98. The van der Waals surface area contributed by atoms with Gasteiger partial charge < -0.3 is 9.47 Å². The van der Waals surface area contributed by atoms with Gasteiger partial charge in [0.2, 0.25) is 0 Å². The van der Waals surface area contributed by atoms with Crippen molar-refractivity contribution in [3.05, 3.63) is 35.4 Å². The highest BCUT2D eigenvalue weighted by molar-refractivity contribution is 7.83. The van der Waals surface area contributed by atoms with Gasteiger partial charge in [-0.2, -0.15) is 13.1 Å². The number of nitrogens with one attached hydrogen (secondary N) is 1. The molecule has 1 spiro atoms. The van der Waals surface area contributed by atoms with Gasteiger partial charge in [-0.3, -0.25) is 4.55 Å². The van der Waals surface area contributed by atoms with Crippen LogP contribution in [0, 0.1) is 6.92 Å². The average molecular weight is 341 g/mol. The van der Waals surface area contributed by atoms with Gasteiger partial charge in [0.15, 0.2) is 5.79 Å². The highest BCUT2D eigenvalue weighted by Gasteiger charge is 2.48. The maximum absolute atomic E-state index is 11.0. The molecule has 23 heavy (non-hydrogen) atoms. The minimum absolute atomic E-state index is 0.0143. The molecule has 1 saturated heterocycles. The van der Waals surface area contributed by atoms with E-state index in [1.54, 1.807) is 0 Å². The van der Waals surface area contributed by atoms with Crippen LogP contribution in [0.25, 0.3) is 0 Å². The first-order valence-electron chi connectivity index (χ1n) is 8.02. The lowest BCUT2D eigenvalue weighted by Crippen LogP contribution is -2.37. The molecule has 2 unspecified atom stereocenters. The second kappa shape index (κ2) is 6.49. The Labute approximate surface area is 137 Å². The number of ether oxygens (including phenoxy) is 2. The molecule has 1 aliphatic heterocycles. The van der Waals surface area contributed by atoms with Crippen LogP contribution in [0.3, 0.4) is 0 Å². The summed E-state index contributed by atoms with van der Waals surface area (Å²) in [5.74, 6) is -0.628. The molecule has 2 N–H and O–H groups in total. The molecule has 0 bridgehead atoms. The zero-order valence-electron chi connectivity index (χ0n) is 13.2. The van der Waals surface area contributed by atoms with E-state index >= 15 is 0 Å². The normalized spacial score (nSPS) is 27.4. The Morgan fingerprint density at radius 3 is 2.57 bits per heavy atom. The lowest BCUT2D eigenvalue weighted by Gasteiger charge is -2.32. The third-order valence-corrected chi connectivity index (χ3v) is 5.15. The Bertz CT molecular complexity index is 654. The number of aryl methyl sites for hydroxylation is 1. The van der Waals surface area contributed by atoms with E-state index in [0.717, 1.165) is 43.2 Å². The van der Waals surface area contributed by atoms with E-state index in [9.17, 15) is 8.42 Å². The molecule has 1 heterocycles. The molecule has 0 radical (unpaired) electrons. The standard InChI is InChI=1S/C16H23NO5S/c1-12-7-3-4-8-13(12)15-14(11-17-23(18,19)20)21-16(22-15)9-5-2-6-10-16/h3-4,7-8,14-15,17H,2,5-6,9-11H2,1H3,(H,18,19,20). The summed E-state index contributed by atoms with van der Waals surface area (Å²) in [4.78, 5) is 0. The van der Waals surface area contributed by atoms with Crippen molar-refractivity contribution in [2.45, 2.75) is 57.0 Å². The second-order valence-electron chi connectivity index (χ2n) is 6.35. The molecule has 6 nitrogen and oxygen atoms in total. The largest absolute Gasteiger partial charge is 0.342 e. The van der Waals surface area contributed by atoms with E-state index in [1.807, 2.05) is 31.2 Å². The molecule has 0 amide bonds. The highest BCUT2D eigenvalue weighted by Crippen LogP contribution is 2.46. The summed E-state index contributed by atoms with van der Waals surface area (Å²) in [5, 5.41) is 0. The Balaban J connectivity index is 1.85. The zero-order chi connectivity index (χ0) is 16.5. The molecule has 2 aliphatic rings. The molecule has 128 valence electrons. The summed E-state index contributed by atoms with van der Waals surface area (Å²) < 4.78 is 45.6. The fraction of sp³-hybridized carbons (Fsp3) is 0.625. The number of hydrogen-bond donors (Lipinski definition) is 2. The van der Waals surface area contributed by atoms with Gasteiger partial charge in [0, 0.05) is 19.4 Å². The first-order chi connectivity index (χ1) is 10.9. The van der Waals surface area contributed by atoms with Gasteiger partial charge in [-0.25, -0.2) is 0 Å². The van der Waals surface area contributed by atoms with E-state index in [1.165, 1.54) is 0 Å². The molecule has 2 fully saturated rings. The molecule has 1 saturated carbocycles. The predicted octanol–water partition coefficient (Wildman–Crippen LogP) is 2.50. The fourth-order valence-corrected chi connectivity index (χ4v) is 3.88. The van der Waals surface area contributed by atoms with Crippen LogP contribution in [0.1, 0.15) is 49.3 Å². The van der Waals surface area contributed by atoms with Crippen LogP contribution < -0.4 is 4.72 Å². The minimum atomic E-state index is -4.26. The first kappa shape index (κ1) is 16.9. The SMILES string of the molecule is Cc1ccccc1C1OC2(CCCCC2)OC1CNS(=O)(=O)O. The maximum atomic E-state index is 11.0. The average Bonchev–Trinajstić information content (AvgIpc) is 2.84. The lowest BCUT2D eigenvalue weighted by molar-refractivity contribution is -0.194. The molecule has 7 heteroatoms. The number of benzene rings is 1. The Morgan fingerprint density at radius 2 is 1.91 bits per heavy atom. The van der Waals surface area contributed by atoms with Crippen molar-refractivity contribution >= 4 is 10.3 Å². The fourth-order valence-electron chi connectivity index (χ4n) is 3.50. The Morgan fingerprint density at radius 1 is 1.22 bits per heavy atom. The van der Waals surface area contributed by atoms with Gasteiger partial charge in [0.25, 0.3) is 0 Å². The molecular formula is C16H23NO5S. The van der Waals surface area contributed by atoms with Crippen LogP contribution in [0.4, 0.5) is 0 Å². The summed E-state index contributed by atoms with van der Waals surface area (Å²) in [7, 11) is -4.26. The van der Waals surface area contributed by atoms with Crippen molar-refractivity contribution in [2.75, 3.05) is 6.54 Å². The van der Waals surface area contributed by atoms with E-state index in [4.69, 9.17) is 14.0 Å². The Kier molecular flexibility index (Phi) is 4.75. The van der Waals surface area contributed by atoms with Crippen LogP contribution in [0.2, 0.25) is 0 Å². The zero-order valence-corrected chi connectivity index (χ0v) is 14.0. The van der Waals surface area contributed by atoms with Crippen LogP contribution >= 0.6 is 0 Å². The summed E-state index contributed by atoms with van der Waals surface area (Å²) in [6, 6.07) is 7.87. The quantitative estimate of drug-likeness (QED) is 0.822. The van der Waals surface area contributed by atoms with Crippen molar-refractivity contribution in [1.29, 1.82) is 0 Å². The van der Waals surface area contributed by atoms with E-state index < -0.39 is 22.2 Å². The summed E-state index contributed by atoms with van der Waals surface area (Å²) in [6.07, 6.45) is 4.07. The third-order valence-electron chi connectivity index (χ3n) is 4.62. The van der Waals surface area contributed by atoms with E-state index in [2.05, 4.69) is 4.72 Å². The molecule has 3 rings (SSSR count). The predicted molar refractivity (Wildman–Crippen MR) is 85.2 cm³/mol. The van der Waals surface area contributed by atoms with Crippen LogP contribution in [-0.2, 0) is 19.8 Å². The summed E-state index contributed by atoms with van der Waals surface area (Å²) >= 11 is 0. The summed E-state index contributed by atoms with van der Waals surface area (Å²) in [5.41, 5.74) is 2.07. The van der Waals surface area contributed by atoms with E-state index in [0.29, 0.717) is 0 Å². The van der Waals surface area contributed by atoms with Crippen LogP contribution in [0.15, 0.2) is 24.3 Å². The smallest absolute Gasteiger partial charge is 0.333 e. The molecule has 0 aromatic heterocycles. The van der Waals surface area contributed by atoms with Gasteiger partial charge >= 0.3 is 10.3 Å². The Hall–Kier alpha value is -0.990. The second-order valence-corrected chi connectivity index (χ2v) is 7.59. The molecule has 2 atom stereocenters. The van der Waals surface area contributed by atoms with Crippen molar-refractivity contribution in [1.82, 2.24) is 4.72 Å². The number of hydrogen-bond acceptors (Lipinski definition) is 4. The van der Waals surface area contributed by atoms with Gasteiger partial charge in [-0.05, 0) is 30.9 Å². The maximum Gasteiger partial charge on any atom is 0.333 e. The van der Waals surface area contributed by atoms with Gasteiger partial charge in [0.05, 0.1) is 0 Å². The first-order valence-corrected chi connectivity index (χ1v) is 9.46. The monoisotopic (exact) mass is 341 g/mol. The van der Waals surface area contributed by atoms with Crippen molar-refractivity contribution < 1.29 is 22.4 Å². The van der Waals surface area contributed by atoms with Crippen molar-refractivity contribution in [2.24, 2.45) is 0 Å². The van der Waals surface area contributed by atoms with Gasteiger partial charge in [0.1, 0.15) is 12.2 Å². The third kappa shape index (κ3) is 3.92. The number of rotatable bonds is 4. The molecule has 1 aromatic carbocycles. The highest BCUT2D eigenvalue weighted by atomic mass is 32.2. The van der Waals surface area contributed by atoms with E-state index in [-0.39, 0.29) is 12.6 Å². The van der Waals surface area contributed by atoms with Crippen molar-refractivity contribution in [3.8, 4) is 0 Å². The van der Waals surface area contributed by atoms with Gasteiger partial charge in [-0.1, -0.05) is 30.7 Å². The van der Waals surface area contributed by atoms with Crippen LogP contribution in [-0.4, -0.2) is 31.4 Å². The van der Waals surface area contributed by atoms with Gasteiger partial charge in [-0.15, -0.1) is 0 Å². The molecule has 1 aliphatic carbocycles.